The Balaban J connectivity index is 1.63. The van der Waals surface area contributed by atoms with Gasteiger partial charge in [-0.05, 0) is 56.7 Å². The van der Waals surface area contributed by atoms with Gasteiger partial charge in [-0.1, -0.05) is 51.4 Å². The Morgan fingerprint density at radius 1 is 1.22 bits per heavy atom. The van der Waals surface area contributed by atoms with Crippen molar-refractivity contribution in [1.29, 1.82) is 0 Å². The predicted molar refractivity (Wildman–Crippen MR) is 131 cm³/mol. The SMILES string of the molecule is CCn1c(SCC(=O)Nc2ccc(Br)c(C)c2)nnc1[C@H](C)NC(=O)c1ccccc1Cl. The van der Waals surface area contributed by atoms with E-state index in [0.717, 1.165) is 15.7 Å². The van der Waals surface area contributed by atoms with Crippen molar-refractivity contribution in [3.8, 4) is 0 Å². The third-order valence-electron chi connectivity index (χ3n) is 4.69. The molecule has 10 heteroatoms. The Labute approximate surface area is 204 Å². The fourth-order valence-electron chi connectivity index (χ4n) is 3.06. The van der Waals surface area contributed by atoms with Crippen molar-refractivity contribution in [3.63, 3.8) is 0 Å². The second kappa shape index (κ2) is 11.0. The molecule has 1 aromatic heterocycles. The highest BCUT2D eigenvalue weighted by Gasteiger charge is 2.21. The van der Waals surface area contributed by atoms with E-state index in [4.69, 9.17) is 11.6 Å². The fourth-order valence-corrected chi connectivity index (χ4v) is 4.34. The second-order valence-corrected chi connectivity index (χ2v) is 9.26. The number of anilines is 1. The van der Waals surface area contributed by atoms with Gasteiger partial charge in [-0.3, -0.25) is 9.59 Å². The summed E-state index contributed by atoms with van der Waals surface area (Å²) in [5, 5.41) is 15.3. The van der Waals surface area contributed by atoms with Gasteiger partial charge in [0.05, 0.1) is 22.4 Å². The highest BCUT2D eigenvalue weighted by atomic mass is 79.9. The standard InChI is InChI=1S/C22H23BrClN5O2S/c1-4-29-20(14(3)25-21(31)16-7-5-6-8-18(16)24)27-28-22(29)32-12-19(30)26-15-9-10-17(23)13(2)11-15/h5-11,14H,4,12H2,1-3H3,(H,25,31)(H,26,30)/t14-/m0/s1. The number of nitrogens with one attached hydrogen (secondary N) is 2. The number of nitrogens with zero attached hydrogens (tertiary/aromatic N) is 3. The van der Waals surface area contributed by atoms with Crippen molar-refractivity contribution in [2.45, 2.75) is 38.5 Å². The summed E-state index contributed by atoms with van der Waals surface area (Å²) in [7, 11) is 0. The highest BCUT2D eigenvalue weighted by Crippen LogP contribution is 2.23. The average molecular weight is 537 g/mol. The third kappa shape index (κ3) is 5.90. The summed E-state index contributed by atoms with van der Waals surface area (Å²) in [6.45, 7) is 6.36. The molecule has 0 saturated carbocycles. The van der Waals surface area contributed by atoms with E-state index < -0.39 is 0 Å². The molecule has 0 saturated heterocycles. The number of carbonyl (C=O) groups is 2. The molecule has 7 nitrogen and oxygen atoms in total. The van der Waals surface area contributed by atoms with Crippen LogP contribution in [0.4, 0.5) is 5.69 Å². The van der Waals surface area contributed by atoms with E-state index in [1.54, 1.807) is 24.3 Å². The van der Waals surface area contributed by atoms with E-state index in [1.165, 1.54) is 11.8 Å². The Bertz CT molecular complexity index is 1140. The number of carbonyl (C=O) groups excluding carboxylic acids is 2. The van der Waals surface area contributed by atoms with E-state index in [2.05, 4.69) is 36.8 Å². The first-order valence-electron chi connectivity index (χ1n) is 9.97. The first-order valence-corrected chi connectivity index (χ1v) is 12.1. The van der Waals surface area contributed by atoms with Gasteiger partial charge in [0.15, 0.2) is 11.0 Å². The maximum absolute atomic E-state index is 12.6. The van der Waals surface area contributed by atoms with Crippen LogP contribution in [-0.4, -0.2) is 32.3 Å². The molecule has 0 aliphatic rings. The van der Waals surface area contributed by atoms with Gasteiger partial charge < -0.3 is 15.2 Å². The van der Waals surface area contributed by atoms with Gasteiger partial charge in [0.1, 0.15) is 0 Å². The van der Waals surface area contributed by atoms with E-state index in [0.29, 0.717) is 28.1 Å². The smallest absolute Gasteiger partial charge is 0.253 e. The minimum Gasteiger partial charge on any atom is -0.342 e. The molecule has 1 atom stereocenters. The summed E-state index contributed by atoms with van der Waals surface area (Å²) in [5.41, 5.74) is 2.18. The van der Waals surface area contributed by atoms with Crippen LogP contribution in [0.1, 0.15) is 41.6 Å². The number of thioether (sulfide) groups is 1. The summed E-state index contributed by atoms with van der Waals surface area (Å²) >= 11 is 10.9. The van der Waals surface area contributed by atoms with Crippen LogP contribution in [0.2, 0.25) is 5.02 Å². The van der Waals surface area contributed by atoms with Gasteiger partial charge in [-0.15, -0.1) is 10.2 Å². The molecular formula is C22H23BrClN5O2S. The molecule has 0 aliphatic heterocycles. The molecule has 0 fully saturated rings. The van der Waals surface area contributed by atoms with Crippen LogP contribution in [0.15, 0.2) is 52.1 Å². The first-order chi connectivity index (χ1) is 15.3. The molecule has 0 aliphatic carbocycles. The van der Waals surface area contributed by atoms with Crippen molar-refractivity contribution >= 4 is 56.8 Å². The van der Waals surface area contributed by atoms with Crippen LogP contribution in [-0.2, 0) is 11.3 Å². The summed E-state index contributed by atoms with van der Waals surface area (Å²) in [4.78, 5) is 25.0. The predicted octanol–water partition coefficient (Wildman–Crippen LogP) is 5.24. The van der Waals surface area contributed by atoms with Gasteiger partial charge >= 0.3 is 0 Å². The normalized spacial score (nSPS) is 11.8. The van der Waals surface area contributed by atoms with E-state index >= 15 is 0 Å². The largest absolute Gasteiger partial charge is 0.342 e. The molecule has 3 rings (SSSR count). The monoisotopic (exact) mass is 535 g/mol. The number of amides is 2. The summed E-state index contributed by atoms with van der Waals surface area (Å²) in [6.07, 6.45) is 0. The molecule has 2 N–H and O–H groups in total. The minimum absolute atomic E-state index is 0.135. The maximum atomic E-state index is 12.6. The van der Waals surface area contributed by atoms with Gasteiger partial charge in [-0.2, -0.15) is 0 Å². The molecule has 0 unspecified atom stereocenters. The molecule has 0 radical (unpaired) electrons. The number of hydrogen-bond donors (Lipinski definition) is 2. The molecule has 168 valence electrons. The summed E-state index contributed by atoms with van der Waals surface area (Å²) in [6, 6.07) is 12.1. The van der Waals surface area contributed by atoms with Crippen molar-refractivity contribution in [3.05, 3.63) is 68.9 Å². The summed E-state index contributed by atoms with van der Waals surface area (Å²) in [5.74, 6) is 0.378. The number of halogens is 2. The molecule has 3 aromatic rings. The maximum Gasteiger partial charge on any atom is 0.253 e. The number of hydrogen-bond acceptors (Lipinski definition) is 5. The molecule has 2 aromatic carbocycles. The fraction of sp³-hybridized carbons (Fsp3) is 0.273. The molecule has 32 heavy (non-hydrogen) atoms. The average Bonchev–Trinajstić information content (AvgIpc) is 3.18. The zero-order valence-electron chi connectivity index (χ0n) is 17.9. The Morgan fingerprint density at radius 3 is 2.66 bits per heavy atom. The lowest BCUT2D eigenvalue weighted by molar-refractivity contribution is -0.113. The van der Waals surface area contributed by atoms with Gasteiger partial charge in [0.25, 0.3) is 5.91 Å². The second-order valence-electron chi connectivity index (χ2n) is 7.06. The van der Waals surface area contributed by atoms with Crippen LogP contribution >= 0.6 is 39.3 Å². The van der Waals surface area contributed by atoms with Crippen molar-refractivity contribution in [2.75, 3.05) is 11.1 Å². The molecule has 2 amide bonds. The van der Waals surface area contributed by atoms with Crippen molar-refractivity contribution in [2.24, 2.45) is 0 Å². The van der Waals surface area contributed by atoms with Crippen molar-refractivity contribution < 1.29 is 9.59 Å². The number of rotatable bonds is 8. The number of benzene rings is 2. The lowest BCUT2D eigenvalue weighted by atomic mass is 10.2. The lowest BCUT2D eigenvalue weighted by Gasteiger charge is -2.15. The van der Waals surface area contributed by atoms with Crippen LogP contribution in [0, 0.1) is 6.92 Å². The Morgan fingerprint density at radius 2 is 1.97 bits per heavy atom. The van der Waals surface area contributed by atoms with Crippen LogP contribution in [0.5, 0.6) is 0 Å². The molecular weight excluding hydrogens is 514 g/mol. The number of aryl methyl sites for hydroxylation is 1. The van der Waals surface area contributed by atoms with Gasteiger partial charge in [0.2, 0.25) is 5.91 Å². The quantitative estimate of drug-likeness (QED) is 0.384. The Kier molecular flexibility index (Phi) is 8.33. The zero-order valence-corrected chi connectivity index (χ0v) is 21.0. The lowest BCUT2D eigenvalue weighted by Crippen LogP contribution is -2.29. The molecule has 0 bridgehead atoms. The third-order valence-corrected chi connectivity index (χ3v) is 6.88. The van der Waals surface area contributed by atoms with Crippen LogP contribution in [0.3, 0.4) is 0 Å². The first kappa shape index (κ1) is 24.3. The topological polar surface area (TPSA) is 88.9 Å². The molecule has 0 spiro atoms. The number of aromatic nitrogens is 3. The van der Waals surface area contributed by atoms with Crippen molar-refractivity contribution in [1.82, 2.24) is 20.1 Å². The van der Waals surface area contributed by atoms with Crippen LogP contribution in [0.25, 0.3) is 0 Å². The highest BCUT2D eigenvalue weighted by molar-refractivity contribution is 9.10. The molecule has 1 heterocycles. The van der Waals surface area contributed by atoms with Crippen LogP contribution < -0.4 is 10.6 Å². The Hall–Kier alpha value is -2.36. The van der Waals surface area contributed by atoms with E-state index in [-0.39, 0.29) is 23.6 Å². The zero-order chi connectivity index (χ0) is 23.3. The minimum atomic E-state index is -0.389. The van der Waals surface area contributed by atoms with E-state index in [9.17, 15) is 9.59 Å². The van der Waals surface area contributed by atoms with E-state index in [1.807, 2.05) is 43.5 Å². The van der Waals surface area contributed by atoms with Gasteiger partial charge in [0, 0.05) is 16.7 Å². The summed E-state index contributed by atoms with van der Waals surface area (Å²) < 4.78 is 2.88. The van der Waals surface area contributed by atoms with Gasteiger partial charge in [-0.25, -0.2) is 0 Å².